The lowest BCUT2D eigenvalue weighted by atomic mass is 9.85. The second kappa shape index (κ2) is 7.19. The number of imide groups is 1. The van der Waals surface area contributed by atoms with Gasteiger partial charge in [-0.1, -0.05) is 24.3 Å². The molecule has 8 heteroatoms. The van der Waals surface area contributed by atoms with Crippen LogP contribution >= 0.6 is 0 Å². The van der Waals surface area contributed by atoms with E-state index in [0.29, 0.717) is 36.5 Å². The highest BCUT2D eigenvalue weighted by molar-refractivity contribution is 6.09. The van der Waals surface area contributed by atoms with Gasteiger partial charge in [-0.15, -0.1) is 0 Å². The average molecular weight is 405 g/mol. The van der Waals surface area contributed by atoms with Gasteiger partial charge in [0.15, 0.2) is 11.6 Å². The molecule has 2 aromatic rings. The van der Waals surface area contributed by atoms with Gasteiger partial charge in [-0.05, 0) is 31.4 Å². The lowest BCUT2D eigenvalue weighted by Gasteiger charge is -2.24. The Balaban J connectivity index is 1.46. The van der Waals surface area contributed by atoms with Crippen molar-refractivity contribution in [2.75, 3.05) is 36.5 Å². The van der Waals surface area contributed by atoms with E-state index in [1.165, 1.54) is 0 Å². The Morgan fingerprint density at radius 3 is 2.20 bits per heavy atom. The fraction of sp³-hybridized carbons (Fsp3) is 0.409. The van der Waals surface area contributed by atoms with Crippen LogP contribution in [0.4, 0.5) is 11.6 Å². The summed E-state index contributed by atoms with van der Waals surface area (Å²) in [5.41, 5.74) is 1.47. The second-order valence-electron chi connectivity index (χ2n) is 8.10. The number of likely N-dealkylation sites (tertiary alicyclic amines) is 1. The summed E-state index contributed by atoms with van der Waals surface area (Å²) in [7, 11) is 1.93. The summed E-state index contributed by atoms with van der Waals surface area (Å²) in [4.78, 5) is 53.0. The first kappa shape index (κ1) is 18.7. The maximum absolute atomic E-state index is 13.3. The van der Waals surface area contributed by atoms with Gasteiger partial charge in [-0.3, -0.25) is 24.2 Å². The van der Waals surface area contributed by atoms with Gasteiger partial charge < -0.3 is 4.90 Å². The minimum absolute atomic E-state index is 0.237. The molecule has 2 atom stereocenters. The fourth-order valence-electron chi connectivity index (χ4n) is 4.58. The Kier molecular flexibility index (Phi) is 4.49. The number of carbonyl (C=O) groups is 3. The molecule has 0 bridgehead atoms. The van der Waals surface area contributed by atoms with Crippen LogP contribution in [0.15, 0.2) is 36.4 Å². The first-order valence-electron chi connectivity index (χ1n) is 10.3. The molecule has 3 amide bonds. The summed E-state index contributed by atoms with van der Waals surface area (Å²) in [6, 6.07) is 7.54. The molecule has 8 nitrogen and oxygen atoms in total. The van der Waals surface area contributed by atoms with E-state index in [0.717, 1.165) is 23.4 Å². The molecule has 5 rings (SSSR count). The topological polar surface area (TPSA) is 86.7 Å². The minimum Gasteiger partial charge on any atom is -0.357 e. The first-order valence-corrected chi connectivity index (χ1v) is 10.3. The van der Waals surface area contributed by atoms with E-state index in [2.05, 4.69) is 0 Å². The highest BCUT2D eigenvalue weighted by atomic mass is 16.2. The summed E-state index contributed by atoms with van der Waals surface area (Å²) in [5.74, 6) is -0.320. The monoisotopic (exact) mass is 405 g/mol. The number of allylic oxidation sites excluding steroid dienone is 2. The van der Waals surface area contributed by atoms with Crippen LogP contribution in [0.1, 0.15) is 19.3 Å². The second-order valence-corrected chi connectivity index (χ2v) is 8.10. The number of anilines is 2. The van der Waals surface area contributed by atoms with Gasteiger partial charge >= 0.3 is 0 Å². The minimum atomic E-state index is -0.332. The molecule has 30 heavy (non-hydrogen) atoms. The number of hydrogen-bond acceptors (Lipinski definition) is 6. The van der Waals surface area contributed by atoms with Crippen molar-refractivity contribution < 1.29 is 14.4 Å². The third-order valence-corrected chi connectivity index (χ3v) is 6.22. The summed E-state index contributed by atoms with van der Waals surface area (Å²) < 4.78 is 0. The molecule has 0 N–H and O–H groups in total. The summed E-state index contributed by atoms with van der Waals surface area (Å²) >= 11 is 0. The van der Waals surface area contributed by atoms with Crippen LogP contribution < -0.4 is 9.80 Å². The highest BCUT2D eigenvalue weighted by Gasteiger charge is 2.48. The van der Waals surface area contributed by atoms with Gasteiger partial charge in [0.1, 0.15) is 6.54 Å². The predicted molar refractivity (Wildman–Crippen MR) is 112 cm³/mol. The van der Waals surface area contributed by atoms with Crippen molar-refractivity contribution in [1.82, 2.24) is 14.9 Å². The molecule has 1 aliphatic carbocycles. The molecule has 1 aromatic carbocycles. The maximum Gasteiger partial charge on any atom is 0.248 e. The Hall–Kier alpha value is -3.29. The molecular weight excluding hydrogens is 382 g/mol. The van der Waals surface area contributed by atoms with E-state index >= 15 is 0 Å². The maximum atomic E-state index is 13.3. The largest absolute Gasteiger partial charge is 0.357 e. The van der Waals surface area contributed by atoms with Crippen molar-refractivity contribution in [1.29, 1.82) is 0 Å². The molecule has 1 fully saturated rings. The Morgan fingerprint density at radius 1 is 0.967 bits per heavy atom. The van der Waals surface area contributed by atoms with Crippen molar-refractivity contribution in [3.05, 3.63) is 36.4 Å². The van der Waals surface area contributed by atoms with Crippen LogP contribution in [-0.2, 0) is 14.4 Å². The highest BCUT2D eigenvalue weighted by Crippen LogP contribution is 2.35. The molecule has 1 saturated heterocycles. The summed E-state index contributed by atoms with van der Waals surface area (Å²) in [5, 5.41) is 0. The van der Waals surface area contributed by atoms with Crippen LogP contribution in [0.2, 0.25) is 0 Å². The number of para-hydroxylation sites is 2. The number of aromatic nitrogens is 2. The zero-order chi connectivity index (χ0) is 20.8. The first-order chi connectivity index (χ1) is 14.5. The number of amides is 3. The van der Waals surface area contributed by atoms with E-state index in [1.54, 1.807) is 4.90 Å². The van der Waals surface area contributed by atoms with Gasteiger partial charge in [0.2, 0.25) is 17.7 Å². The number of fused-ring (bicyclic) bond motifs is 3. The molecule has 1 aromatic heterocycles. The van der Waals surface area contributed by atoms with Gasteiger partial charge in [-0.25, -0.2) is 9.97 Å². The van der Waals surface area contributed by atoms with E-state index in [4.69, 9.17) is 9.97 Å². The summed E-state index contributed by atoms with van der Waals surface area (Å²) in [6.45, 7) is 0.956. The Morgan fingerprint density at radius 2 is 1.57 bits per heavy atom. The van der Waals surface area contributed by atoms with Crippen LogP contribution in [0, 0.1) is 11.8 Å². The lowest BCUT2D eigenvalue weighted by molar-refractivity contribution is -0.143. The quantitative estimate of drug-likeness (QED) is 0.559. The van der Waals surface area contributed by atoms with Crippen molar-refractivity contribution in [2.24, 2.45) is 11.8 Å². The number of hydrogen-bond donors (Lipinski definition) is 0. The Bertz CT molecular complexity index is 1060. The van der Waals surface area contributed by atoms with Crippen LogP contribution in [0.25, 0.3) is 11.0 Å². The Labute approximate surface area is 174 Å². The van der Waals surface area contributed by atoms with Crippen molar-refractivity contribution in [3.8, 4) is 0 Å². The van der Waals surface area contributed by atoms with Crippen LogP contribution in [-0.4, -0.2) is 59.3 Å². The smallest absolute Gasteiger partial charge is 0.248 e. The molecule has 3 heterocycles. The van der Waals surface area contributed by atoms with Gasteiger partial charge in [0.05, 0.1) is 22.9 Å². The standard InChI is InChI=1S/C22H23N5O3/c1-25-11-6-12-26(20-19(25)23-16-9-4-5-10-17(16)24-20)18(28)13-27-21(29)14-7-2-3-8-15(14)22(27)30/h2-5,9-10,14-15H,6-8,11-13H2,1H3/t14-,15-/m1/s1. The van der Waals surface area contributed by atoms with Gasteiger partial charge in [0, 0.05) is 20.1 Å². The van der Waals surface area contributed by atoms with Gasteiger partial charge in [-0.2, -0.15) is 0 Å². The zero-order valence-corrected chi connectivity index (χ0v) is 16.8. The number of benzene rings is 1. The molecular formula is C22H23N5O3. The van der Waals surface area contributed by atoms with Crippen molar-refractivity contribution in [2.45, 2.75) is 19.3 Å². The zero-order valence-electron chi connectivity index (χ0n) is 16.8. The van der Waals surface area contributed by atoms with Crippen LogP contribution in [0.5, 0.6) is 0 Å². The SMILES string of the molecule is CN1CCCN(C(=O)CN2C(=O)[C@@H]3CC=CC[C@H]3C2=O)c2nc3ccccc3nc21. The van der Waals surface area contributed by atoms with E-state index in [1.807, 2.05) is 48.4 Å². The van der Waals surface area contributed by atoms with E-state index < -0.39 is 0 Å². The number of carbonyl (C=O) groups excluding carboxylic acids is 3. The van der Waals surface area contributed by atoms with Crippen molar-refractivity contribution >= 4 is 40.4 Å². The molecule has 0 spiro atoms. The average Bonchev–Trinajstić information content (AvgIpc) is 2.90. The summed E-state index contributed by atoms with van der Waals surface area (Å²) in [6.07, 6.45) is 5.76. The lowest BCUT2D eigenvalue weighted by Crippen LogP contribution is -2.44. The molecule has 2 aliphatic heterocycles. The number of rotatable bonds is 2. The third kappa shape index (κ3) is 2.94. The van der Waals surface area contributed by atoms with E-state index in [-0.39, 0.29) is 36.1 Å². The van der Waals surface area contributed by atoms with Gasteiger partial charge in [0.25, 0.3) is 0 Å². The number of nitrogens with zero attached hydrogens (tertiary/aromatic N) is 5. The normalized spacial score (nSPS) is 23.6. The molecule has 154 valence electrons. The third-order valence-electron chi connectivity index (χ3n) is 6.22. The predicted octanol–water partition coefficient (Wildman–Crippen LogP) is 1.75. The molecule has 0 radical (unpaired) electrons. The van der Waals surface area contributed by atoms with Crippen LogP contribution in [0.3, 0.4) is 0 Å². The molecule has 0 unspecified atom stereocenters. The van der Waals surface area contributed by atoms with E-state index in [9.17, 15) is 14.4 Å². The molecule has 3 aliphatic rings. The van der Waals surface area contributed by atoms with Crippen molar-refractivity contribution in [3.63, 3.8) is 0 Å². The molecule has 0 saturated carbocycles. The fourth-order valence-corrected chi connectivity index (χ4v) is 4.58.